The van der Waals surface area contributed by atoms with Crippen molar-refractivity contribution in [1.82, 2.24) is 0 Å². The molecule has 3 atom stereocenters. The zero-order valence-electron chi connectivity index (χ0n) is 21.5. The second-order valence-corrected chi connectivity index (χ2v) is 9.10. The molecule has 2 aliphatic rings. The molecule has 0 unspecified atom stereocenters. The quantitative estimate of drug-likeness (QED) is 0.368. The van der Waals surface area contributed by atoms with Crippen LogP contribution in [0.2, 0.25) is 0 Å². The van der Waals surface area contributed by atoms with Crippen LogP contribution in [0.5, 0.6) is 34.5 Å². The lowest BCUT2D eigenvalue weighted by Crippen LogP contribution is -2.11. The number of methoxy groups -OCH3 is 3. The molecular formula is C29H30O8. The summed E-state index contributed by atoms with van der Waals surface area (Å²) >= 11 is 0. The van der Waals surface area contributed by atoms with E-state index >= 15 is 0 Å². The molecule has 3 aromatic rings. The smallest absolute Gasteiger partial charge is 0.309 e. The van der Waals surface area contributed by atoms with E-state index in [4.69, 9.17) is 33.2 Å². The van der Waals surface area contributed by atoms with Crippen LogP contribution in [0.15, 0.2) is 48.5 Å². The molecule has 0 radical (unpaired) electrons. The molecule has 5 rings (SSSR count). The van der Waals surface area contributed by atoms with Gasteiger partial charge in [0, 0.05) is 17.0 Å². The Hall–Kier alpha value is -4.07. The highest BCUT2D eigenvalue weighted by molar-refractivity contribution is 5.84. The van der Waals surface area contributed by atoms with Gasteiger partial charge in [-0.15, -0.1) is 0 Å². The summed E-state index contributed by atoms with van der Waals surface area (Å²) in [5.41, 5.74) is 3.21. The fourth-order valence-corrected chi connectivity index (χ4v) is 4.81. The van der Waals surface area contributed by atoms with E-state index in [1.165, 1.54) is 0 Å². The Morgan fingerprint density at radius 2 is 1.59 bits per heavy atom. The number of carbonyl (C=O) groups is 1. The lowest BCUT2D eigenvalue weighted by molar-refractivity contribution is -0.144. The van der Waals surface area contributed by atoms with E-state index in [1.807, 2.05) is 62.4 Å². The summed E-state index contributed by atoms with van der Waals surface area (Å²) in [6.07, 6.45) is -0.494. The molecule has 194 valence electrons. The van der Waals surface area contributed by atoms with Gasteiger partial charge in [-0.3, -0.25) is 4.79 Å². The van der Waals surface area contributed by atoms with Gasteiger partial charge in [0.15, 0.2) is 23.0 Å². The maximum Gasteiger partial charge on any atom is 0.309 e. The number of benzene rings is 3. The number of fused-ring (bicyclic) bond motifs is 1. The summed E-state index contributed by atoms with van der Waals surface area (Å²) in [7, 11) is 4.73. The molecule has 37 heavy (non-hydrogen) atoms. The van der Waals surface area contributed by atoms with Crippen LogP contribution in [0.4, 0.5) is 0 Å². The Bertz CT molecular complexity index is 1280. The highest BCUT2D eigenvalue weighted by Gasteiger charge is 2.42. The highest BCUT2D eigenvalue weighted by Crippen LogP contribution is 2.55. The fraction of sp³-hybridized carbons (Fsp3) is 0.345. The summed E-state index contributed by atoms with van der Waals surface area (Å²) in [6.45, 7) is 4.30. The minimum Gasteiger partial charge on any atom is -0.493 e. The van der Waals surface area contributed by atoms with Gasteiger partial charge >= 0.3 is 5.97 Å². The SMILES string of the molecule is COc1cc(-c2c([C@H]3OC(=O)[C@@H](C)[C@H]3C)cc3c(c2OC)OCO3)cc(OC)c1OCc1ccccc1. The maximum absolute atomic E-state index is 12.5. The Kier molecular flexibility index (Phi) is 6.74. The Labute approximate surface area is 216 Å². The summed E-state index contributed by atoms with van der Waals surface area (Å²) < 4.78 is 40.8. The average molecular weight is 507 g/mol. The topological polar surface area (TPSA) is 81.7 Å². The molecule has 8 nitrogen and oxygen atoms in total. The maximum atomic E-state index is 12.5. The monoisotopic (exact) mass is 506 g/mol. The molecule has 1 fully saturated rings. The molecule has 0 saturated carbocycles. The lowest BCUT2D eigenvalue weighted by Gasteiger charge is -2.23. The molecule has 2 aliphatic heterocycles. The molecule has 0 aliphatic carbocycles. The molecule has 2 heterocycles. The Balaban J connectivity index is 1.65. The Morgan fingerprint density at radius 3 is 2.19 bits per heavy atom. The molecule has 0 amide bonds. The van der Waals surface area contributed by atoms with Crippen LogP contribution in [0, 0.1) is 11.8 Å². The van der Waals surface area contributed by atoms with Crippen molar-refractivity contribution in [2.24, 2.45) is 11.8 Å². The number of hydrogen-bond donors (Lipinski definition) is 0. The van der Waals surface area contributed by atoms with Gasteiger partial charge in [0.05, 0.1) is 27.2 Å². The molecule has 0 bridgehead atoms. The Morgan fingerprint density at radius 1 is 0.892 bits per heavy atom. The number of hydrogen-bond acceptors (Lipinski definition) is 8. The number of carbonyl (C=O) groups excluding carboxylic acids is 1. The van der Waals surface area contributed by atoms with Crippen molar-refractivity contribution >= 4 is 5.97 Å². The fourth-order valence-electron chi connectivity index (χ4n) is 4.81. The van der Waals surface area contributed by atoms with Crippen LogP contribution in [-0.4, -0.2) is 34.1 Å². The van der Waals surface area contributed by atoms with Crippen molar-refractivity contribution in [2.75, 3.05) is 28.1 Å². The molecule has 1 saturated heterocycles. The van der Waals surface area contributed by atoms with Crippen LogP contribution >= 0.6 is 0 Å². The molecular weight excluding hydrogens is 476 g/mol. The largest absolute Gasteiger partial charge is 0.493 e. The van der Waals surface area contributed by atoms with E-state index in [0.29, 0.717) is 46.7 Å². The second-order valence-electron chi connectivity index (χ2n) is 9.10. The molecule has 0 N–H and O–H groups in total. The van der Waals surface area contributed by atoms with Crippen LogP contribution in [-0.2, 0) is 16.1 Å². The van der Waals surface area contributed by atoms with Gasteiger partial charge in [0.1, 0.15) is 12.7 Å². The van der Waals surface area contributed by atoms with Crippen molar-refractivity contribution in [3.8, 4) is 45.6 Å². The average Bonchev–Trinajstić information content (AvgIpc) is 3.50. The number of ether oxygens (including phenoxy) is 7. The van der Waals surface area contributed by atoms with E-state index in [0.717, 1.165) is 16.7 Å². The molecule has 0 spiro atoms. The predicted molar refractivity (Wildman–Crippen MR) is 136 cm³/mol. The third-order valence-electron chi connectivity index (χ3n) is 7.02. The summed E-state index contributed by atoms with van der Waals surface area (Å²) in [5, 5.41) is 0. The first-order valence-corrected chi connectivity index (χ1v) is 12.1. The zero-order chi connectivity index (χ0) is 26.1. The van der Waals surface area contributed by atoms with Crippen LogP contribution in [0.3, 0.4) is 0 Å². The van der Waals surface area contributed by atoms with Gasteiger partial charge in [-0.05, 0) is 29.3 Å². The summed E-state index contributed by atoms with van der Waals surface area (Å²) in [5.74, 6) is 2.43. The molecule has 0 aromatic heterocycles. The lowest BCUT2D eigenvalue weighted by atomic mass is 9.85. The highest BCUT2D eigenvalue weighted by atomic mass is 16.7. The van der Waals surface area contributed by atoms with Crippen molar-refractivity contribution in [1.29, 1.82) is 0 Å². The zero-order valence-corrected chi connectivity index (χ0v) is 21.5. The first-order valence-electron chi connectivity index (χ1n) is 12.1. The third kappa shape index (κ3) is 4.37. The van der Waals surface area contributed by atoms with Crippen molar-refractivity contribution in [2.45, 2.75) is 26.6 Å². The van der Waals surface area contributed by atoms with E-state index in [2.05, 4.69) is 0 Å². The second kappa shape index (κ2) is 10.1. The van der Waals surface area contributed by atoms with Crippen LogP contribution in [0.1, 0.15) is 31.1 Å². The van der Waals surface area contributed by atoms with E-state index in [9.17, 15) is 4.79 Å². The first-order chi connectivity index (χ1) is 18.0. The number of rotatable bonds is 8. The first kappa shape index (κ1) is 24.6. The van der Waals surface area contributed by atoms with Gasteiger partial charge in [0.2, 0.25) is 18.3 Å². The number of esters is 1. The van der Waals surface area contributed by atoms with E-state index in [-0.39, 0.29) is 24.6 Å². The van der Waals surface area contributed by atoms with E-state index in [1.54, 1.807) is 21.3 Å². The van der Waals surface area contributed by atoms with Crippen molar-refractivity contribution < 1.29 is 38.0 Å². The minimum atomic E-state index is -0.494. The minimum absolute atomic E-state index is 0.0615. The van der Waals surface area contributed by atoms with Crippen LogP contribution in [0.25, 0.3) is 11.1 Å². The third-order valence-corrected chi connectivity index (χ3v) is 7.02. The summed E-state index contributed by atoms with van der Waals surface area (Å²) in [6, 6.07) is 15.4. The van der Waals surface area contributed by atoms with Crippen LogP contribution < -0.4 is 28.4 Å². The van der Waals surface area contributed by atoms with Gasteiger partial charge in [-0.2, -0.15) is 0 Å². The molecule has 3 aromatic carbocycles. The van der Waals surface area contributed by atoms with Gasteiger partial charge in [-0.1, -0.05) is 44.2 Å². The molecule has 8 heteroatoms. The van der Waals surface area contributed by atoms with E-state index < -0.39 is 6.10 Å². The van der Waals surface area contributed by atoms with Crippen molar-refractivity contribution in [3.63, 3.8) is 0 Å². The van der Waals surface area contributed by atoms with Gasteiger partial charge in [0.25, 0.3) is 0 Å². The van der Waals surface area contributed by atoms with Crippen molar-refractivity contribution in [3.05, 3.63) is 59.7 Å². The van der Waals surface area contributed by atoms with Gasteiger partial charge in [-0.25, -0.2) is 0 Å². The normalized spacial score (nSPS) is 19.9. The number of cyclic esters (lactones) is 1. The summed E-state index contributed by atoms with van der Waals surface area (Å²) in [4.78, 5) is 12.5. The predicted octanol–water partition coefficient (Wildman–Crippen LogP) is 5.56. The van der Waals surface area contributed by atoms with Gasteiger partial charge < -0.3 is 33.2 Å². The standard InChI is InChI=1S/C29H30O8/c1-16-17(2)29(30)37-25(16)20-13-23-27(36-15-35-23)28(33-5)24(20)19-11-21(31-3)26(22(12-19)32-4)34-14-18-9-7-6-8-10-18/h6-13,16-17,25H,14-15H2,1-5H3/t16-,17+,25+/m1/s1.